The Morgan fingerprint density at radius 3 is 2.78 bits per heavy atom. The molecule has 0 aliphatic carbocycles. The van der Waals surface area contributed by atoms with Crippen molar-refractivity contribution in [3.05, 3.63) is 47.7 Å². The summed E-state index contributed by atoms with van der Waals surface area (Å²) in [6.45, 7) is 2.01. The van der Waals surface area contributed by atoms with Gasteiger partial charge in [0.15, 0.2) is 0 Å². The third-order valence-corrected chi connectivity index (χ3v) is 3.41. The topological polar surface area (TPSA) is 82.0 Å². The standard InChI is InChI=1S/C13H13N3OS/c1-8-3-2-4-9(5-8)18-11-7-16-12(14)6-10(11)13(15)17/h2-7H,1H3,(H2,14,16)(H2,15,17). The number of aromatic nitrogens is 1. The van der Waals surface area contributed by atoms with Crippen LogP contribution in [0.25, 0.3) is 0 Å². The number of amides is 1. The molecule has 18 heavy (non-hydrogen) atoms. The number of carbonyl (C=O) groups is 1. The monoisotopic (exact) mass is 259 g/mol. The Balaban J connectivity index is 2.37. The number of aryl methyl sites for hydroxylation is 1. The first kappa shape index (κ1) is 12.4. The second kappa shape index (κ2) is 5.10. The lowest BCUT2D eigenvalue weighted by Gasteiger charge is -2.07. The van der Waals surface area contributed by atoms with Gasteiger partial charge in [-0.05, 0) is 25.1 Å². The maximum absolute atomic E-state index is 11.4. The zero-order valence-corrected chi connectivity index (χ0v) is 10.7. The summed E-state index contributed by atoms with van der Waals surface area (Å²) in [7, 11) is 0. The van der Waals surface area contributed by atoms with Crippen molar-refractivity contribution < 1.29 is 4.79 Å². The van der Waals surface area contributed by atoms with Crippen LogP contribution in [0.3, 0.4) is 0 Å². The maximum atomic E-state index is 11.4. The van der Waals surface area contributed by atoms with Crippen LogP contribution in [0.15, 0.2) is 46.3 Å². The lowest BCUT2D eigenvalue weighted by molar-refractivity contribution is 0.0997. The zero-order valence-electron chi connectivity index (χ0n) is 9.88. The van der Waals surface area contributed by atoms with Crippen molar-refractivity contribution >= 4 is 23.5 Å². The van der Waals surface area contributed by atoms with Gasteiger partial charge in [-0.25, -0.2) is 4.98 Å². The molecule has 1 aromatic heterocycles. The lowest BCUT2D eigenvalue weighted by atomic mass is 10.2. The van der Waals surface area contributed by atoms with Gasteiger partial charge in [0.25, 0.3) is 0 Å². The highest BCUT2D eigenvalue weighted by atomic mass is 32.2. The van der Waals surface area contributed by atoms with Crippen LogP contribution in [0, 0.1) is 6.92 Å². The molecule has 0 saturated heterocycles. The molecule has 0 unspecified atom stereocenters. The van der Waals surface area contributed by atoms with Crippen molar-refractivity contribution in [1.82, 2.24) is 4.98 Å². The summed E-state index contributed by atoms with van der Waals surface area (Å²) in [5.41, 5.74) is 12.4. The van der Waals surface area contributed by atoms with E-state index in [1.54, 1.807) is 6.20 Å². The van der Waals surface area contributed by atoms with E-state index >= 15 is 0 Å². The fourth-order valence-electron chi connectivity index (χ4n) is 1.54. The summed E-state index contributed by atoms with van der Waals surface area (Å²) >= 11 is 1.45. The number of primary amides is 1. The molecule has 0 atom stereocenters. The number of hydrogen-bond donors (Lipinski definition) is 2. The molecule has 92 valence electrons. The minimum absolute atomic E-state index is 0.289. The van der Waals surface area contributed by atoms with Gasteiger partial charge >= 0.3 is 0 Å². The highest BCUT2D eigenvalue weighted by Gasteiger charge is 2.10. The third-order valence-electron chi connectivity index (χ3n) is 2.37. The van der Waals surface area contributed by atoms with Crippen LogP contribution in [0.5, 0.6) is 0 Å². The molecule has 0 spiro atoms. The molecule has 0 fully saturated rings. The molecule has 4 nitrogen and oxygen atoms in total. The van der Waals surface area contributed by atoms with Gasteiger partial charge in [-0.1, -0.05) is 29.5 Å². The summed E-state index contributed by atoms with van der Waals surface area (Å²) in [6, 6.07) is 9.48. The summed E-state index contributed by atoms with van der Waals surface area (Å²) in [6.07, 6.45) is 1.57. The highest BCUT2D eigenvalue weighted by Crippen LogP contribution is 2.30. The van der Waals surface area contributed by atoms with Gasteiger partial charge in [0.05, 0.1) is 5.56 Å². The number of benzene rings is 1. The molecule has 5 heteroatoms. The van der Waals surface area contributed by atoms with E-state index in [0.29, 0.717) is 10.5 Å². The third kappa shape index (κ3) is 2.81. The first-order chi connectivity index (χ1) is 8.56. The van der Waals surface area contributed by atoms with Gasteiger partial charge in [0.2, 0.25) is 5.91 Å². The number of anilines is 1. The van der Waals surface area contributed by atoms with Crippen LogP contribution in [0.1, 0.15) is 15.9 Å². The quantitative estimate of drug-likeness (QED) is 0.885. The van der Waals surface area contributed by atoms with Crippen molar-refractivity contribution in [1.29, 1.82) is 0 Å². The van der Waals surface area contributed by atoms with Gasteiger partial charge in [-0.3, -0.25) is 4.79 Å². The average Bonchev–Trinajstić information content (AvgIpc) is 2.31. The summed E-state index contributed by atoms with van der Waals surface area (Å²) in [5, 5.41) is 0. The maximum Gasteiger partial charge on any atom is 0.250 e. The Hall–Kier alpha value is -2.01. The van der Waals surface area contributed by atoms with Gasteiger partial charge in [-0.15, -0.1) is 0 Å². The lowest BCUT2D eigenvalue weighted by Crippen LogP contribution is -2.13. The zero-order chi connectivity index (χ0) is 13.1. The van der Waals surface area contributed by atoms with Crippen LogP contribution in [-0.4, -0.2) is 10.9 Å². The molecule has 0 saturated carbocycles. The fraction of sp³-hybridized carbons (Fsp3) is 0.0769. The largest absolute Gasteiger partial charge is 0.384 e. The van der Waals surface area contributed by atoms with Crippen LogP contribution >= 0.6 is 11.8 Å². The van der Waals surface area contributed by atoms with Gasteiger partial charge in [0, 0.05) is 16.0 Å². The molecule has 0 aliphatic heterocycles. The predicted molar refractivity (Wildman–Crippen MR) is 72.5 cm³/mol. The van der Waals surface area contributed by atoms with Crippen LogP contribution in [-0.2, 0) is 0 Å². The number of nitrogens with zero attached hydrogens (tertiary/aromatic N) is 1. The van der Waals surface area contributed by atoms with Crippen molar-refractivity contribution in [2.75, 3.05) is 5.73 Å². The second-order valence-corrected chi connectivity index (χ2v) is 5.00. The van der Waals surface area contributed by atoms with E-state index < -0.39 is 5.91 Å². The first-order valence-electron chi connectivity index (χ1n) is 5.36. The number of nitrogens with two attached hydrogens (primary N) is 2. The second-order valence-electron chi connectivity index (χ2n) is 3.89. The minimum atomic E-state index is -0.501. The molecule has 0 aliphatic rings. The number of nitrogen functional groups attached to an aromatic ring is 1. The normalized spacial score (nSPS) is 10.3. The SMILES string of the molecule is Cc1cccc(Sc2cnc(N)cc2C(N)=O)c1. The van der Waals surface area contributed by atoms with Crippen molar-refractivity contribution in [2.24, 2.45) is 5.73 Å². The highest BCUT2D eigenvalue weighted by molar-refractivity contribution is 7.99. The molecule has 1 aromatic carbocycles. The Labute approximate surface area is 109 Å². The van der Waals surface area contributed by atoms with Gasteiger partial charge in [0.1, 0.15) is 5.82 Å². The molecule has 1 amide bonds. The van der Waals surface area contributed by atoms with Crippen LogP contribution < -0.4 is 11.5 Å². The molecular weight excluding hydrogens is 246 g/mol. The van der Waals surface area contributed by atoms with E-state index in [4.69, 9.17) is 11.5 Å². The molecule has 0 bridgehead atoms. The number of rotatable bonds is 3. The van der Waals surface area contributed by atoms with E-state index in [1.807, 2.05) is 31.2 Å². The Bertz CT molecular complexity index is 599. The van der Waals surface area contributed by atoms with Gasteiger partial charge < -0.3 is 11.5 Å². The summed E-state index contributed by atoms with van der Waals surface area (Å²) in [4.78, 5) is 17.1. The number of carbonyl (C=O) groups excluding carboxylic acids is 1. The summed E-state index contributed by atoms with van der Waals surface area (Å²) < 4.78 is 0. The smallest absolute Gasteiger partial charge is 0.250 e. The molecule has 4 N–H and O–H groups in total. The Kier molecular flexibility index (Phi) is 3.53. The minimum Gasteiger partial charge on any atom is -0.384 e. The van der Waals surface area contributed by atoms with Crippen molar-refractivity contribution in [3.63, 3.8) is 0 Å². The van der Waals surface area contributed by atoms with E-state index in [1.165, 1.54) is 17.8 Å². The van der Waals surface area contributed by atoms with E-state index in [2.05, 4.69) is 4.98 Å². The number of hydrogen-bond acceptors (Lipinski definition) is 4. The fourth-order valence-corrected chi connectivity index (χ4v) is 2.56. The average molecular weight is 259 g/mol. The van der Waals surface area contributed by atoms with E-state index in [9.17, 15) is 4.79 Å². The molecule has 0 radical (unpaired) electrons. The van der Waals surface area contributed by atoms with E-state index in [0.717, 1.165) is 10.5 Å². The van der Waals surface area contributed by atoms with Crippen molar-refractivity contribution in [3.8, 4) is 0 Å². The predicted octanol–water partition coefficient (Wildman–Crippen LogP) is 2.22. The molecule has 2 rings (SSSR count). The van der Waals surface area contributed by atoms with Gasteiger partial charge in [-0.2, -0.15) is 0 Å². The summed E-state index contributed by atoms with van der Waals surface area (Å²) in [5.74, 6) is -0.211. The Morgan fingerprint density at radius 2 is 2.11 bits per heavy atom. The van der Waals surface area contributed by atoms with Crippen LogP contribution in [0.4, 0.5) is 5.82 Å². The van der Waals surface area contributed by atoms with Crippen molar-refractivity contribution in [2.45, 2.75) is 16.7 Å². The Morgan fingerprint density at radius 1 is 1.33 bits per heavy atom. The van der Waals surface area contributed by atoms with E-state index in [-0.39, 0.29) is 5.82 Å². The van der Waals surface area contributed by atoms with Crippen LogP contribution in [0.2, 0.25) is 0 Å². The molecular formula is C13H13N3OS. The molecule has 2 aromatic rings. The first-order valence-corrected chi connectivity index (χ1v) is 6.18. The molecule has 1 heterocycles. The number of pyridine rings is 1.